The maximum atomic E-state index is 11.4. The molecule has 1 aliphatic rings. The van der Waals surface area contributed by atoms with Gasteiger partial charge < -0.3 is 10.6 Å². The summed E-state index contributed by atoms with van der Waals surface area (Å²) in [4.78, 5) is 16.0. The lowest BCUT2D eigenvalue weighted by Gasteiger charge is -2.18. The van der Waals surface area contributed by atoms with Crippen LogP contribution in [0.25, 0.3) is 0 Å². The molecule has 1 amide bonds. The lowest BCUT2D eigenvalue weighted by Crippen LogP contribution is -2.29. The van der Waals surface area contributed by atoms with Crippen molar-refractivity contribution >= 4 is 22.8 Å². The molecule has 0 spiro atoms. The fourth-order valence-corrected chi connectivity index (χ4v) is 3.53. The second kappa shape index (κ2) is 9.23. The van der Waals surface area contributed by atoms with Crippen molar-refractivity contribution in [2.45, 2.75) is 51.7 Å². The molecule has 1 unspecified atom stereocenters. The summed E-state index contributed by atoms with van der Waals surface area (Å²) in [5, 5.41) is 7.78. The van der Waals surface area contributed by atoms with Gasteiger partial charge in [0.15, 0.2) is 5.17 Å². The number of carbonyl (C=O) groups is 1. The van der Waals surface area contributed by atoms with E-state index in [1.807, 2.05) is 11.8 Å². The molecule has 0 aromatic carbocycles. The third-order valence-corrected chi connectivity index (χ3v) is 4.79. The lowest BCUT2D eigenvalue weighted by atomic mass is 9.99. The SMILES string of the molecule is CCCNC(=O)CCNC1=NCC(C(CC)CC)S1. The zero-order valence-corrected chi connectivity index (χ0v) is 13.2. The molecule has 5 heteroatoms. The second-order valence-corrected chi connectivity index (χ2v) is 6.13. The molecule has 0 saturated heterocycles. The fourth-order valence-electron chi connectivity index (χ4n) is 2.18. The van der Waals surface area contributed by atoms with Crippen LogP contribution in [0.3, 0.4) is 0 Å². The number of amidine groups is 1. The van der Waals surface area contributed by atoms with E-state index in [1.165, 1.54) is 12.8 Å². The molecular weight excluding hydrogens is 258 g/mol. The minimum Gasteiger partial charge on any atom is -0.364 e. The van der Waals surface area contributed by atoms with Crippen LogP contribution in [0.4, 0.5) is 0 Å². The van der Waals surface area contributed by atoms with Crippen molar-refractivity contribution in [3.05, 3.63) is 0 Å². The number of amides is 1. The van der Waals surface area contributed by atoms with Gasteiger partial charge in [-0.05, 0) is 12.3 Å². The highest BCUT2D eigenvalue weighted by atomic mass is 32.2. The normalized spacial score (nSPS) is 18.5. The average molecular weight is 285 g/mol. The summed E-state index contributed by atoms with van der Waals surface area (Å²) < 4.78 is 0. The third kappa shape index (κ3) is 5.85. The summed E-state index contributed by atoms with van der Waals surface area (Å²) in [5.74, 6) is 0.871. The Morgan fingerprint density at radius 2 is 2.11 bits per heavy atom. The van der Waals surface area contributed by atoms with E-state index in [1.54, 1.807) is 0 Å². The quantitative estimate of drug-likeness (QED) is 0.720. The van der Waals surface area contributed by atoms with Gasteiger partial charge in [0.1, 0.15) is 0 Å². The Labute approximate surface area is 121 Å². The molecule has 19 heavy (non-hydrogen) atoms. The first-order valence-electron chi connectivity index (χ1n) is 7.42. The van der Waals surface area contributed by atoms with E-state index in [4.69, 9.17) is 0 Å². The van der Waals surface area contributed by atoms with Crippen LogP contribution in [0.15, 0.2) is 4.99 Å². The van der Waals surface area contributed by atoms with Gasteiger partial charge in [0.05, 0.1) is 6.54 Å². The van der Waals surface area contributed by atoms with E-state index < -0.39 is 0 Å². The Balaban J connectivity index is 2.16. The molecule has 0 bridgehead atoms. The van der Waals surface area contributed by atoms with Crippen molar-refractivity contribution in [2.75, 3.05) is 19.6 Å². The van der Waals surface area contributed by atoms with Crippen LogP contribution in [0.1, 0.15) is 46.5 Å². The summed E-state index contributed by atoms with van der Waals surface area (Å²) in [7, 11) is 0. The topological polar surface area (TPSA) is 53.5 Å². The Hall–Kier alpha value is -0.710. The Morgan fingerprint density at radius 1 is 1.37 bits per heavy atom. The summed E-state index contributed by atoms with van der Waals surface area (Å²) in [6, 6.07) is 0. The Kier molecular flexibility index (Phi) is 7.94. The summed E-state index contributed by atoms with van der Waals surface area (Å²) in [5.41, 5.74) is 0. The van der Waals surface area contributed by atoms with Crippen LogP contribution in [0, 0.1) is 5.92 Å². The molecule has 0 aromatic heterocycles. The van der Waals surface area contributed by atoms with Crippen molar-refractivity contribution in [1.29, 1.82) is 0 Å². The molecule has 110 valence electrons. The van der Waals surface area contributed by atoms with Crippen molar-refractivity contribution in [2.24, 2.45) is 10.9 Å². The van der Waals surface area contributed by atoms with Gasteiger partial charge in [-0.1, -0.05) is 45.4 Å². The highest BCUT2D eigenvalue weighted by Gasteiger charge is 2.25. The van der Waals surface area contributed by atoms with E-state index in [0.29, 0.717) is 18.2 Å². The Morgan fingerprint density at radius 3 is 2.74 bits per heavy atom. The van der Waals surface area contributed by atoms with Gasteiger partial charge in [-0.2, -0.15) is 0 Å². The molecular formula is C14H27N3OS. The molecule has 0 aromatic rings. The van der Waals surface area contributed by atoms with E-state index in [9.17, 15) is 4.79 Å². The second-order valence-electron chi connectivity index (χ2n) is 4.91. The van der Waals surface area contributed by atoms with Crippen molar-refractivity contribution < 1.29 is 4.79 Å². The highest BCUT2D eigenvalue weighted by molar-refractivity contribution is 8.14. The molecule has 1 rings (SSSR count). The zero-order valence-electron chi connectivity index (χ0n) is 12.4. The largest absolute Gasteiger partial charge is 0.364 e. The van der Waals surface area contributed by atoms with E-state index in [2.05, 4.69) is 36.4 Å². The third-order valence-electron chi connectivity index (χ3n) is 3.45. The number of hydrogen-bond acceptors (Lipinski definition) is 4. The molecule has 1 atom stereocenters. The molecule has 0 saturated carbocycles. The summed E-state index contributed by atoms with van der Waals surface area (Å²) >= 11 is 1.84. The van der Waals surface area contributed by atoms with Crippen LogP contribution in [0.5, 0.6) is 0 Å². The molecule has 2 N–H and O–H groups in total. The number of carbonyl (C=O) groups excluding carboxylic acids is 1. The van der Waals surface area contributed by atoms with E-state index >= 15 is 0 Å². The van der Waals surface area contributed by atoms with Crippen molar-refractivity contribution in [3.63, 3.8) is 0 Å². The minimum atomic E-state index is 0.120. The van der Waals surface area contributed by atoms with Gasteiger partial charge in [0.25, 0.3) is 0 Å². The summed E-state index contributed by atoms with van der Waals surface area (Å²) in [6.45, 7) is 8.92. The van der Waals surface area contributed by atoms with Gasteiger partial charge in [0, 0.05) is 24.8 Å². The van der Waals surface area contributed by atoms with Crippen LogP contribution < -0.4 is 10.6 Å². The fraction of sp³-hybridized carbons (Fsp3) is 0.857. The highest BCUT2D eigenvalue weighted by Crippen LogP contribution is 2.30. The van der Waals surface area contributed by atoms with Gasteiger partial charge in [-0.3, -0.25) is 9.79 Å². The van der Waals surface area contributed by atoms with Gasteiger partial charge in [-0.25, -0.2) is 0 Å². The average Bonchev–Trinajstić information content (AvgIpc) is 2.86. The number of aliphatic imine (C=N–C) groups is 1. The number of nitrogens with zero attached hydrogens (tertiary/aromatic N) is 1. The Bertz CT molecular complexity index is 303. The van der Waals surface area contributed by atoms with Crippen LogP contribution in [-0.4, -0.2) is 36.0 Å². The van der Waals surface area contributed by atoms with Crippen molar-refractivity contribution in [1.82, 2.24) is 10.6 Å². The molecule has 1 heterocycles. The maximum absolute atomic E-state index is 11.4. The number of rotatable bonds is 8. The molecule has 0 radical (unpaired) electrons. The first kappa shape index (κ1) is 16.3. The first-order valence-corrected chi connectivity index (χ1v) is 8.30. The van der Waals surface area contributed by atoms with Gasteiger partial charge in [0.2, 0.25) is 5.91 Å². The number of nitrogens with one attached hydrogen (secondary N) is 2. The standard InChI is InChI=1S/C14H27N3OS/c1-4-8-15-13(18)7-9-16-14-17-10-12(19-14)11(5-2)6-3/h11-12H,4-10H2,1-3H3,(H,15,18)(H,16,17). The predicted octanol–water partition coefficient (Wildman–Crippen LogP) is 2.40. The van der Waals surface area contributed by atoms with E-state index in [0.717, 1.165) is 30.6 Å². The summed E-state index contributed by atoms with van der Waals surface area (Å²) in [6.07, 6.45) is 3.95. The van der Waals surface area contributed by atoms with Crippen LogP contribution in [0.2, 0.25) is 0 Å². The molecule has 1 aliphatic heterocycles. The van der Waals surface area contributed by atoms with Gasteiger partial charge in [-0.15, -0.1) is 0 Å². The molecule has 0 fully saturated rings. The molecule has 4 nitrogen and oxygen atoms in total. The number of hydrogen-bond donors (Lipinski definition) is 2. The van der Waals surface area contributed by atoms with Crippen LogP contribution >= 0.6 is 11.8 Å². The smallest absolute Gasteiger partial charge is 0.221 e. The lowest BCUT2D eigenvalue weighted by molar-refractivity contribution is -0.120. The van der Waals surface area contributed by atoms with E-state index in [-0.39, 0.29) is 5.91 Å². The predicted molar refractivity (Wildman–Crippen MR) is 83.7 cm³/mol. The number of thioether (sulfide) groups is 1. The van der Waals surface area contributed by atoms with Crippen LogP contribution in [-0.2, 0) is 4.79 Å². The monoisotopic (exact) mass is 285 g/mol. The zero-order chi connectivity index (χ0) is 14.1. The minimum absolute atomic E-state index is 0.120. The van der Waals surface area contributed by atoms with Gasteiger partial charge >= 0.3 is 0 Å². The maximum Gasteiger partial charge on any atom is 0.221 e. The van der Waals surface area contributed by atoms with Crippen molar-refractivity contribution in [3.8, 4) is 0 Å². The molecule has 0 aliphatic carbocycles. The first-order chi connectivity index (χ1) is 9.21.